The van der Waals surface area contributed by atoms with Crippen LogP contribution >= 0.6 is 0 Å². The van der Waals surface area contributed by atoms with E-state index >= 15 is 0 Å². The number of ether oxygens (including phenoxy) is 1. The van der Waals surface area contributed by atoms with E-state index in [0.29, 0.717) is 0 Å². The molecular weight excluding hydrogens is 292 g/mol. The van der Waals surface area contributed by atoms with Crippen LogP contribution in [0.1, 0.15) is 71.6 Å². The normalized spacial score (nSPS) is 11.8. The van der Waals surface area contributed by atoms with E-state index in [1.807, 2.05) is 0 Å². The SMILES string of the molecule is CC(C)CCCCCCCCCCOC(=O)CS(=O)(=O)O. The van der Waals surface area contributed by atoms with Gasteiger partial charge in [-0.3, -0.25) is 9.35 Å². The van der Waals surface area contributed by atoms with Crippen LogP contribution in [0.3, 0.4) is 0 Å². The van der Waals surface area contributed by atoms with Crippen LogP contribution in [0.2, 0.25) is 0 Å². The molecule has 126 valence electrons. The summed E-state index contributed by atoms with van der Waals surface area (Å²) < 4.78 is 34.0. The zero-order valence-corrected chi connectivity index (χ0v) is 14.2. The highest BCUT2D eigenvalue weighted by Crippen LogP contribution is 2.12. The number of hydrogen-bond acceptors (Lipinski definition) is 4. The average Bonchev–Trinajstić information content (AvgIpc) is 2.33. The molecule has 0 rings (SSSR count). The van der Waals surface area contributed by atoms with Crippen molar-refractivity contribution < 1.29 is 22.5 Å². The van der Waals surface area contributed by atoms with Gasteiger partial charge in [-0.1, -0.05) is 65.2 Å². The van der Waals surface area contributed by atoms with Crippen molar-refractivity contribution in [2.24, 2.45) is 5.92 Å². The molecule has 0 bridgehead atoms. The molecule has 0 aromatic rings. The predicted octanol–water partition coefficient (Wildman–Crippen LogP) is 3.58. The first-order valence-corrected chi connectivity index (χ1v) is 9.53. The molecule has 0 fully saturated rings. The number of carbonyl (C=O) groups is 1. The number of hydrogen-bond donors (Lipinski definition) is 1. The Morgan fingerprint density at radius 3 is 1.90 bits per heavy atom. The second-order valence-electron chi connectivity index (χ2n) is 5.96. The summed E-state index contributed by atoms with van der Waals surface area (Å²) in [6.07, 6.45) is 10.5. The molecule has 0 aromatic heterocycles. The van der Waals surface area contributed by atoms with Crippen molar-refractivity contribution in [3.8, 4) is 0 Å². The Balaban J connectivity index is 3.24. The lowest BCUT2D eigenvalue weighted by Crippen LogP contribution is -2.18. The fraction of sp³-hybridized carbons (Fsp3) is 0.933. The molecule has 0 aliphatic heterocycles. The minimum absolute atomic E-state index is 0.225. The van der Waals surface area contributed by atoms with Gasteiger partial charge >= 0.3 is 5.97 Å². The minimum atomic E-state index is -4.27. The third-order valence-corrected chi connectivity index (χ3v) is 3.84. The third-order valence-electron chi connectivity index (χ3n) is 3.24. The summed E-state index contributed by atoms with van der Waals surface area (Å²) >= 11 is 0. The lowest BCUT2D eigenvalue weighted by atomic mass is 10.0. The van der Waals surface area contributed by atoms with Crippen LogP contribution in [0.15, 0.2) is 0 Å². The molecule has 0 amide bonds. The zero-order valence-electron chi connectivity index (χ0n) is 13.3. The Morgan fingerprint density at radius 2 is 1.43 bits per heavy atom. The molecule has 5 nitrogen and oxygen atoms in total. The molecule has 0 saturated heterocycles. The molecular formula is C15H30O5S. The number of unbranched alkanes of at least 4 members (excludes halogenated alkanes) is 7. The fourth-order valence-corrected chi connectivity index (χ4v) is 2.47. The second-order valence-corrected chi connectivity index (χ2v) is 7.41. The van der Waals surface area contributed by atoms with Crippen molar-refractivity contribution in [3.05, 3.63) is 0 Å². The standard InChI is InChI=1S/C15H30O5S/c1-14(2)11-9-7-5-3-4-6-8-10-12-20-15(16)13-21(17,18)19/h14H,3-13H2,1-2H3,(H,17,18,19). The number of esters is 1. The van der Waals surface area contributed by atoms with Crippen LogP contribution in [0.5, 0.6) is 0 Å². The van der Waals surface area contributed by atoms with Gasteiger partial charge in [0.2, 0.25) is 0 Å². The highest BCUT2D eigenvalue weighted by atomic mass is 32.2. The Labute approximate surface area is 129 Å². The Morgan fingerprint density at radius 1 is 0.952 bits per heavy atom. The summed E-state index contributed by atoms with van der Waals surface area (Å²) in [5.74, 6) is -1.04. The summed E-state index contributed by atoms with van der Waals surface area (Å²) in [5, 5.41) is 0. The maximum Gasteiger partial charge on any atom is 0.323 e. The zero-order chi connectivity index (χ0) is 16.1. The van der Waals surface area contributed by atoms with Crippen LogP contribution < -0.4 is 0 Å². The molecule has 0 radical (unpaired) electrons. The maximum atomic E-state index is 11.0. The van der Waals surface area contributed by atoms with E-state index in [0.717, 1.165) is 25.2 Å². The smallest absolute Gasteiger partial charge is 0.323 e. The lowest BCUT2D eigenvalue weighted by molar-refractivity contribution is -0.140. The van der Waals surface area contributed by atoms with Gasteiger partial charge in [0, 0.05) is 0 Å². The molecule has 0 saturated carbocycles. The molecule has 6 heteroatoms. The van der Waals surface area contributed by atoms with E-state index in [-0.39, 0.29) is 6.61 Å². The first kappa shape index (κ1) is 20.4. The molecule has 0 heterocycles. The third kappa shape index (κ3) is 17.3. The van der Waals surface area contributed by atoms with E-state index in [1.165, 1.54) is 38.5 Å². The van der Waals surface area contributed by atoms with Crippen molar-refractivity contribution >= 4 is 16.1 Å². The minimum Gasteiger partial charge on any atom is -0.465 e. The van der Waals surface area contributed by atoms with Crippen molar-refractivity contribution in [2.75, 3.05) is 12.4 Å². The lowest BCUT2D eigenvalue weighted by Gasteiger charge is -2.05. The van der Waals surface area contributed by atoms with E-state index < -0.39 is 21.8 Å². The molecule has 0 aliphatic rings. The molecule has 0 unspecified atom stereocenters. The maximum absolute atomic E-state index is 11.0. The van der Waals surface area contributed by atoms with Gasteiger partial charge in [-0.15, -0.1) is 0 Å². The van der Waals surface area contributed by atoms with Crippen LogP contribution in [0, 0.1) is 5.92 Å². The van der Waals surface area contributed by atoms with Gasteiger partial charge in [-0.25, -0.2) is 0 Å². The highest BCUT2D eigenvalue weighted by Gasteiger charge is 2.13. The number of carbonyl (C=O) groups excluding carboxylic acids is 1. The molecule has 21 heavy (non-hydrogen) atoms. The van der Waals surface area contributed by atoms with Crippen molar-refractivity contribution in [1.82, 2.24) is 0 Å². The molecule has 0 aromatic carbocycles. The summed E-state index contributed by atoms with van der Waals surface area (Å²) in [4.78, 5) is 11.0. The van der Waals surface area contributed by atoms with E-state index in [4.69, 9.17) is 9.29 Å². The van der Waals surface area contributed by atoms with Crippen molar-refractivity contribution in [3.63, 3.8) is 0 Å². The largest absolute Gasteiger partial charge is 0.465 e. The highest BCUT2D eigenvalue weighted by molar-refractivity contribution is 7.86. The quantitative estimate of drug-likeness (QED) is 0.318. The van der Waals surface area contributed by atoms with Gasteiger partial charge in [0.1, 0.15) is 0 Å². The van der Waals surface area contributed by atoms with E-state index in [2.05, 4.69) is 13.8 Å². The van der Waals surface area contributed by atoms with Crippen LogP contribution in [0.4, 0.5) is 0 Å². The fourth-order valence-electron chi connectivity index (χ4n) is 2.09. The van der Waals surface area contributed by atoms with Crippen molar-refractivity contribution in [1.29, 1.82) is 0 Å². The summed E-state index contributed by atoms with van der Waals surface area (Å²) in [6.45, 7) is 4.73. The van der Waals surface area contributed by atoms with Crippen molar-refractivity contribution in [2.45, 2.75) is 71.6 Å². The first-order valence-electron chi connectivity index (χ1n) is 7.92. The molecule has 0 aliphatic carbocycles. The van der Waals surface area contributed by atoms with Gasteiger partial charge in [0.05, 0.1) is 6.61 Å². The topological polar surface area (TPSA) is 80.7 Å². The monoisotopic (exact) mass is 322 g/mol. The van der Waals surface area contributed by atoms with Gasteiger partial charge < -0.3 is 4.74 Å². The van der Waals surface area contributed by atoms with Gasteiger partial charge in [-0.2, -0.15) is 8.42 Å². The van der Waals surface area contributed by atoms with Gasteiger partial charge in [0.25, 0.3) is 10.1 Å². The first-order chi connectivity index (χ1) is 9.81. The Hall–Kier alpha value is -0.620. The Kier molecular flexibility index (Phi) is 11.6. The molecule has 0 spiro atoms. The second kappa shape index (κ2) is 12.0. The van der Waals surface area contributed by atoms with E-state index in [1.54, 1.807) is 0 Å². The summed E-state index contributed by atoms with van der Waals surface area (Å²) in [7, 11) is -4.27. The van der Waals surface area contributed by atoms with Crippen LogP contribution in [0.25, 0.3) is 0 Å². The average molecular weight is 322 g/mol. The number of rotatable bonds is 13. The Bertz CT molecular complexity index is 362. The molecule has 0 atom stereocenters. The molecule has 1 N–H and O–H groups in total. The van der Waals surface area contributed by atoms with Crippen LogP contribution in [-0.4, -0.2) is 31.3 Å². The van der Waals surface area contributed by atoms with Gasteiger partial charge in [0.15, 0.2) is 5.75 Å². The summed E-state index contributed by atoms with van der Waals surface area (Å²) in [6, 6.07) is 0. The van der Waals surface area contributed by atoms with Gasteiger partial charge in [-0.05, 0) is 12.3 Å². The van der Waals surface area contributed by atoms with Crippen LogP contribution in [-0.2, 0) is 19.6 Å². The summed E-state index contributed by atoms with van der Waals surface area (Å²) in [5.41, 5.74) is 0. The predicted molar refractivity (Wildman–Crippen MR) is 83.8 cm³/mol. The van der Waals surface area contributed by atoms with E-state index in [9.17, 15) is 13.2 Å².